The van der Waals surface area contributed by atoms with Gasteiger partial charge in [0.15, 0.2) is 0 Å². The Kier molecular flexibility index (Phi) is 3.63. The van der Waals surface area contributed by atoms with Crippen LogP contribution in [-0.4, -0.2) is 0 Å². The number of benzene rings is 2. The quantitative estimate of drug-likeness (QED) is 0.513. The fourth-order valence-electron chi connectivity index (χ4n) is 2.40. The van der Waals surface area contributed by atoms with Crippen LogP contribution in [0, 0.1) is 0 Å². The van der Waals surface area contributed by atoms with Gasteiger partial charge in [-0.2, -0.15) is 0 Å². The molecule has 1 aliphatic rings. The average Bonchev–Trinajstić information content (AvgIpc) is 2.66. The Morgan fingerprint density at radius 2 is 1.61 bits per heavy atom. The summed E-state index contributed by atoms with van der Waals surface area (Å²) >= 11 is 1.21. The summed E-state index contributed by atoms with van der Waals surface area (Å²) < 4.78 is 0.715. The van der Waals surface area contributed by atoms with Crippen LogP contribution in [0.3, 0.4) is 0 Å². The maximum absolute atomic E-state index is 2.32. The minimum absolute atomic E-state index is 0.715. The summed E-state index contributed by atoms with van der Waals surface area (Å²) in [7, 11) is 0.793. The van der Waals surface area contributed by atoms with E-state index in [0.717, 1.165) is 8.58 Å². The summed E-state index contributed by atoms with van der Waals surface area (Å²) in [4.78, 5) is 0. The molecule has 3 rings (SSSR count). The van der Waals surface area contributed by atoms with Crippen LogP contribution in [0.5, 0.6) is 0 Å². The molecule has 2 unspecified atom stereocenters. The van der Waals surface area contributed by atoms with E-state index in [-0.39, 0.29) is 0 Å². The third-order valence-corrected chi connectivity index (χ3v) is 7.62. The van der Waals surface area contributed by atoms with E-state index >= 15 is 0 Å². The molecule has 0 heterocycles. The van der Waals surface area contributed by atoms with Gasteiger partial charge in [0.05, 0.1) is 0 Å². The Morgan fingerprint density at radius 3 is 2.39 bits per heavy atom. The molecule has 1 aliphatic carbocycles. The summed E-state index contributed by atoms with van der Waals surface area (Å²) in [5.41, 5.74) is 4.65. The molecule has 2 aromatic rings. The molecule has 0 fully saturated rings. The molecule has 0 radical (unpaired) electrons. The van der Waals surface area contributed by atoms with Gasteiger partial charge in [-0.1, -0.05) is 0 Å². The first-order valence-corrected chi connectivity index (χ1v) is 9.18. The third kappa shape index (κ3) is 2.19. The molecule has 0 bridgehead atoms. The van der Waals surface area contributed by atoms with Crippen LogP contribution >= 0.6 is 8.58 Å². The monoisotopic (exact) mass is 417 g/mol. The van der Waals surface area contributed by atoms with E-state index < -0.39 is 0 Å². The molecule has 0 aliphatic heterocycles. The second-order valence-electron chi connectivity index (χ2n) is 4.57. The van der Waals surface area contributed by atoms with Gasteiger partial charge in [-0.05, 0) is 0 Å². The molecule has 87 valence electrons. The van der Waals surface area contributed by atoms with Crippen molar-refractivity contribution in [2.75, 3.05) is 0 Å². The number of hydrogen-bond acceptors (Lipinski definition) is 0. The van der Waals surface area contributed by atoms with Crippen LogP contribution < -0.4 is 5.30 Å². The summed E-state index contributed by atoms with van der Waals surface area (Å²) in [6.07, 6.45) is 0. The Labute approximate surface area is 125 Å². The van der Waals surface area contributed by atoms with Crippen LogP contribution in [0.4, 0.5) is 0 Å². The number of fused-ring (bicyclic) bond motifs is 1. The first-order chi connectivity index (χ1) is 8.77. The topological polar surface area (TPSA) is 0 Å². The second kappa shape index (κ2) is 5.23. The van der Waals surface area contributed by atoms with E-state index in [0.29, 0.717) is 3.67 Å². The van der Waals surface area contributed by atoms with Crippen molar-refractivity contribution in [2.24, 2.45) is 0 Å². The molecule has 0 N–H and O–H groups in total. The molecule has 0 aromatic heterocycles. The van der Waals surface area contributed by atoms with Crippen LogP contribution in [-0.2, 0) is 24.4 Å². The Hall–Kier alpha value is -0.520. The summed E-state index contributed by atoms with van der Waals surface area (Å²) in [6, 6.07) is 19.8. The SMILES string of the molecule is CC1=C(Pc2ccccc2)c2ccccc2[CH]1[Hf]. The van der Waals surface area contributed by atoms with Crippen molar-refractivity contribution in [3.8, 4) is 0 Å². The molecular formula is C16H14HfP. The summed E-state index contributed by atoms with van der Waals surface area (Å²) in [5, 5.41) is 3.02. The van der Waals surface area contributed by atoms with Gasteiger partial charge >= 0.3 is 125 Å². The predicted octanol–water partition coefficient (Wildman–Crippen LogP) is 4.02. The van der Waals surface area contributed by atoms with Crippen LogP contribution in [0.15, 0.2) is 60.2 Å². The number of rotatable bonds is 2. The third-order valence-electron chi connectivity index (χ3n) is 3.41. The molecule has 0 nitrogen and oxygen atoms in total. The van der Waals surface area contributed by atoms with E-state index in [1.165, 1.54) is 35.2 Å². The van der Waals surface area contributed by atoms with Crippen LogP contribution in [0.2, 0.25) is 0 Å². The molecule has 0 amide bonds. The molecular weight excluding hydrogens is 402 g/mol. The van der Waals surface area contributed by atoms with Gasteiger partial charge in [0.1, 0.15) is 0 Å². The van der Waals surface area contributed by atoms with E-state index in [9.17, 15) is 0 Å². The first kappa shape index (κ1) is 12.5. The molecule has 0 saturated carbocycles. The Morgan fingerprint density at radius 1 is 0.944 bits per heavy atom. The Balaban J connectivity index is 2.02. The van der Waals surface area contributed by atoms with Crippen molar-refractivity contribution in [1.82, 2.24) is 0 Å². The van der Waals surface area contributed by atoms with Crippen molar-refractivity contribution in [3.63, 3.8) is 0 Å². The molecule has 0 saturated heterocycles. The van der Waals surface area contributed by atoms with Gasteiger partial charge in [-0.3, -0.25) is 0 Å². The van der Waals surface area contributed by atoms with Gasteiger partial charge in [-0.25, -0.2) is 0 Å². The van der Waals surface area contributed by atoms with Gasteiger partial charge in [0.25, 0.3) is 0 Å². The normalized spacial score (nSPS) is 18.6. The predicted molar refractivity (Wildman–Crippen MR) is 76.2 cm³/mol. The zero-order valence-corrected chi connectivity index (χ0v) is 14.9. The van der Waals surface area contributed by atoms with E-state index in [4.69, 9.17) is 0 Å². The van der Waals surface area contributed by atoms with Crippen molar-refractivity contribution in [1.29, 1.82) is 0 Å². The standard InChI is InChI=1S/C16H14P.Hf/c1-12-11-13-7-5-6-10-15(13)16(12)17-14-8-3-2-4-9-14;/h2-11,17H,1H3;. The fourth-order valence-corrected chi connectivity index (χ4v) is 5.69. The molecule has 0 spiro atoms. The van der Waals surface area contributed by atoms with Gasteiger partial charge in [0.2, 0.25) is 0 Å². The summed E-state index contributed by atoms with van der Waals surface area (Å²) in [5.74, 6) is 0. The zero-order chi connectivity index (χ0) is 12.5. The van der Waals surface area contributed by atoms with Crippen molar-refractivity contribution >= 4 is 19.2 Å². The molecule has 18 heavy (non-hydrogen) atoms. The van der Waals surface area contributed by atoms with Crippen molar-refractivity contribution in [3.05, 3.63) is 71.3 Å². The van der Waals surface area contributed by atoms with Gasteiger partial charge in [-0.15, -0.1) is 0 Å². The first-order valence-electron chi connectivity index (χ1n) is 6.10. The van der Waals surface area contributed by atoms with Crippen molar-refractivity contribution < 1.29 is 24.4 Å². The van der Waals surface area contributed by atoms with Gasteiger partial charge < -0.3 is 0 Å². The Bertz CT molecular complexity index is 602. The van der Waals surface area contributed by atoms with Crippen LogP contribution in [0.1, 0.15) is 21.7 Å². The van der Waals surface area contributed by atoms with E-state index in [1.54, 1.807) is 16.5 Å². The fraction of sp³-hybridized carbons (Fsp3) is 0.125. The van der Waals surface area contributed by atoms with Gasteiger partial charge in [0, 0.05) is 0 Å². The summed E-state index contributed by atoms with van der Waals surface area (Å²) in [6.45, 7) is 2.32. The second-order valence-corrected chi connectivity index (χ2v) is 7.97. The average molecular weight is 416 g/mol. The molecule has 2 aromatic carbocycles. The molecule has 2 atom stereocenters. The van der Waals surface area contributed by atoms with E-state index in [2.05, 4.69) is 61.5 Å². The zero-order valence-electron chi connectivity index (χ0n) is 10.3. The minimum atomic E-state index is 0.715. The maximum atomic E-state index is 2.32. The molecule has 2 heteroatoms. The van der Waals surface area contributed by atoms with Crippen molar-refractivity contribution in [2.45, 2.75) is 10.6 Å². The number of allylic oxidation sites excluding steroid dienone is 1. The van der Waals surface area contributed by atoms with E-state index in [1.807, 2.05) is 0 Å². The number of hydrogen-bond donors (Lipinski definition) is 0. The van der Waals surface area contributed by atoms with Crippen LogP contribution in [0.25, 0.3) is 5.31 Å².